The van der Waals surface area contributed by atoms with Gasteiger partial charge in [0.1, 0.15) is 0 Å². The Kier molecular flexibility index (Phi) is 2.89. The van der Waals surface area contributed by atoms with Crippen molar-refractivity contribution in [2.75, 3.05) is 13.1 Å². The number of likely N-dealkylation sites (tertiary alicyclic amines) is 1. The summed E-state index contributed by atoms with van der Waals surface area (Å²) in [6, 6.07) is 2.41. The second kappa shape index (κ2) is 3.96. The zero-order valence-corrected chi connectivity index (χ0v) is 8.94. The van der Waals surface area contributed by atoms with Crippen molar-refractivity contribution >= 4 is 22.9 Å². The van der Waals surface area contributed by atoms with Crippen molar-refractivity contribution in [1.29, 1.82) is 0 Å². The average Bonchev–Trinajstić information content (AvgIpc) is 2.62. The first-order chi connectivity index (χ1) is 6.24. The Labute approximate surface area is 87.3 Å². The van der Waals surface area contributed by atoms with Crippen LogP contribution in [0.3, 0.4) is 0 Å². The van der Waals surface area contributed by atoms with Gasteiger partial charge in [0.25, 0.3) is 0 Å². The van der Waals surface area contributed by atoms with E-state index >= 15 is 0 Å². The molecule has 1 fully saturated rings. The molecule has 2 N–H and O–H groups in total. The van der Waals surface area contributed by atoms with Crippen LogP contribution in [0.2, 0.25) is 5.02 Å². The molecule has 0 amide bonds. The van der Waals surface area contributed by atoms with Gasteiger partial charge in [0.2, 0.25) is 0 Å². The average molecular weight is 217 g/mol. The van der Waals surface area contributed by atoms with Gasteiger partial charge in [0.05, 0.1) is 5.02 Å². The zero-order valence-electron chi connectivity index (χ0n) is 7.37. The fourth-order valence-corrected chi connectivity index (χ4v) is 2.78. The lowest BCUT2D eigenvalue weighted by Crippen LogP contribution is -2.25. The second-order valence-electron chi connectivity index (χ2n) is 3.52. The van der Waals surface area contributed by atoms with Gasteiger partial charge in [-0.25, -0.2) is 0 Å². The molecule has 0 bridgehead atoms. The van der Waals surface area contributed by atoms with Crippen molar-refractivity contribution in [3.8, 4) is 0 Å². The third-order valence-electron chi connectivity index (χ3n) is 2.31. The first-order valence-electron chi connectivity index (χ1n) is 4.45. The standard InChI is InChI=1S/C9H13ClN2S/c10-7-3-9(13-6-7)5-12-2-1-8(11)4-12/h3,6,8H,1-2,4-5,11H2/t8-/m0/s1. The molecule has 4 heteroatoms. The van der Waals surface area contributed by atoms with E-state index in [-0.39, 0.29) is 0 Å². The molecule has 2 rings (SSSR count). The summed E-state index contributed by atoms with van der Waals surface area (Å²) in [6.07, 6.45) is 1.12. The van der Waals surface area contributed by atoms with Gasteiger partial charge in [0.15, 0.2) is 0 Å². The first-order valence-corrected chi connectivity index (χ1v) is 5.70. The number of hydrogen-bond acceptors (Lipinski definition) is 3. The van der Waals surface area contributed by atoms with Gasteiger partial charge in [-0.2, -0.15) is 0 Å². The number of nitrogens with two attached hydrogens (primary N) is 1. The largest absolute Gasteiger partial charge is 0.326 e. The molecule has 0 aromatic carbocycles. The van der Waals surface area contributed by atoms with Crippen LogP contribution in [-0.4, -0.2) is 24.0 Å². The minimum absolute atomic E-state index is 0.371. The molecule has 1 saturated heterocycles. The van der Waals surface area contributed by atoms with Gasteiger partial charge in [-0.3, -0.25) is 4.90 Å². The zero-order chi connectivity index (χ0) is 9.26. The maximum atomic E-state index is 5.84. The van der Waals surface area contributed by atoms with E-state index in [4.69, 9.17) is 17.3 Å². The molecule has 1 aliphatic rings. The van der Waals surface area contributed by atoms with Crippen molar-refractivity contribution in [1.82, 2.24) is 4.90 Å². The highest BCUT2D eigenvalue weighted by molar-refractivity contribution is 7.10. The van der Waals surface area contributed by atoms with Crippen LogP contribution in [0.1, 0.15) is 11.3 Å². The Hall–Kier alpha value is -0.0900. The Balaban J connectivity index is 1.91. The van der Waals surface area contributed by atoms with Gasteiger partial charge in [-0.05, 0) is 12.5 Å². The predicted octanol–water partition coefficient (Wildman–Crippen LogP) is 1.93. The van der Waals surface area contributed by atoms with Crippen LogP contribution in [-0.2, 0) is 6.54 Å². The van der Waals surface area contributed by atoms with E-state index in [1.807, 2.05) is 11.4 Å². The van der Waals surface area contributed by atoms with Gasteiger partial charge < -0.3 is 5.73 Å². The van der Waals surface area contributed by atoms with Crippen LogP contribution < -0.4 is 5.73 Å². The summed E-state index contributed by atoms with van der Waals surface area (Å²) in [6.45, 7) is 3.15. The van der Waals surface area contributed by atoms with E-state index in [1.54, 1.807) is 11.3 Å². The van der Waals surface area contributed by atoms with E-state index in [9.17, 15) is 0 Å². The van der Waals surface area contributed by atoms with E-state index in [1.165, 1.54) is 4.88 Å². The number of nitrogens with zero attached hydrogens (tertiary/aromatic N) is 1. The topological polar surface area (TPSA) is 29.3 Å². The molecule has 0 spiro atoms. The monoisotopic (exact) mass is 216 g/mol. The number of hydrogen-bond donors (Lipinski definition) is 1. The lowest BCUT2D eigenvalue weighted by Gasteiger charge is -2.12. The van der Waals surface area contributed by atoms with E-state index in [2.05, 4.69) is 4.90 Å². The highest BCUT2D eigenvalue weighted by Gasteiger charge is 2.19. The predicted molar refractivity (Wildman–Crippen MR) is 57.2 cm³/mol. The summed E-state index contributed by atoms with van der Waals surface area (Å²) in [5, 5.41) is 2.83. The Morgan fingerprint density at radius 2 is 2.54 bits per heavy atom. The van der Waals surface area contributed by atoms with Crippen molar-refractivity contribution in [3.63, 3.8) is 0 Å². The summed E-state index contributed by atoms with van der Waals surface area (Å²) in [5.41, 5.74) is 5.82. The summed E-state index contributed by atoms with van der Waals surface area (Å²) in [4.78, 5) is 3.71. The normalized spacial score (nSPS) is 24.0. The molecule has 1 atom stereocenters. The summed E-state index contributed by atoms with van der Waals surface area (Å²) in [7, 11) is 0. The number of thiophene rings is 1. The van der Waals surface area contributed by atoms with E-state index < -0.39 is 0 Å². The molecule has 0 radical (unpaired) electrons. The Morgan fingerprint density at radius 3 is 3.08 bits per heavy atom. The molecule has 0 unspecified atom stereocenters. The van der Waals surface area contributed by atoms with Crippen LogP contribution in [0.25, 0.3) is 0 Å². The van der Waals surface area contributed by atoms with Crippen molar-refractivity contribution < 1.29 is 0 Å². The van der Waals surface area contributed by atoms with E-state index in [0.717, 1.165) is 31.1 Å². The fourth-order valence-electron chi connectivity index (χ4n) is 1.66. The highest BCUT2D eigenvalue weighted by Crippen LogP contribution is 2.21. The third kappa shape index (κ3) is 2.44. The van der Waals surface area contributed by atoms with Crippen molar-refractivity contribution in [3.05, 3.63) is 21.3 Å². The second-order valence-corrected chi connectivity index (χ2v) is 4.95. The van der Waals surface area contributed by atoms with Crippen molar-refractivity contribution in [2.24, 2.45) is 5.73 Å². The van der Waals surface area contributed by atoms with E-state index in [0.29, 0.717) is 6.04 Å². The van der Waals surface area contributed by atoms with Crippen LogP contribution >= 0.6 is 22.9 Å². The van der Waals surface area contributed by atoms with Crippen LogP contribution in [0.4, 0.5) is 0 Å². The molecule has 0 saturated carbocycles. The summed E-state index contributed by atoms with van der Waals surface area (Å²) in [5.74, 6) is 0. The molecular formula is C9H13ClN2S. The van der Waals surface area contributed by atoms with Crippen LogP contribution in [0, 0.1) is 0 Å². The van der Waals surface area contributed by atoms with Gasteiger partial charge in [-0.15, -0.1) is 11.3 Å². The summed E-state index contributed by atoms with van der Waals surface area (Å²) < 4.78 is 0. The molecule has 0 aliphatic carbocycles. The fraction of sp³-hybridized carbons (Fsp3) is 0.556. The quantitative estimate of drug-likeness (QED) is 0.819. The van der Waals surface area contributed by atoms with Crippen LogP contribution in [0.5, 0.6) is 0 Å². The number of halogens is 1. The molecule has 72 valence electrons. The molecule has 2 nitrogen and oxygen atoms in total. The third-order valence-corrected chi connectivity index (χ3v) is 3.58. The molecule has 13 heavy (non-hydrogen) atoms. The lowest BCUT2D eigenvalue weighted by atomic mass is 10.3. The van der Waals surface area contributed by atoms with Crippen molar-refractivity contribution in [2.45, 2.75) is 19.0 Å². The maximum absolute atomic E-state index is 5.84. The Bertz CT molecular complexity index is 287. The first kappa shape index (κ1) is 9.46. The molecular weight excluding hydrogens is 204 g/mol. The molecule has 2 heterocycles. The Morgan fingerprint density at radius 1 is 1.69 bits per heavy atom. The minimum Gasteiger partial charge on any atom is -0.326 e. The minimum atomic E-state index is 0.371. The molecule has 1 aromatic heterocycles. The lowest BCUT2D eigenvalue weighted by molar-refractivity contribution is 0.330. The van der Waals surface area contributed by atoms with Gasteiger partial charge in [0, 0.05) is 35.9 Å². The van der Waals surface area contributed by atoms with Gasteiger partial charge >= 0.3 is 0 Å². The number of rotatable bonds is 2. The van der Waals surface area contributed by atoms with Gasteiger partial charge in [-0.1, -0.05) is 11.6 Å². The van der Waals surface area contributed by atoms with Crippen LogP contribution in [0.15, 0.2) is 11.4 Å². The maximum Gasteiger partial charge on any atom is 0.0516 e. The molecule has 1 aromatic rings. The summed E-state index contributed by atoms with van der Waals surface area (Å²) >= 11 is 7.56. The molecule has 1 aliphatic heterocycles. The SMILES string of the molecule is N[C@H]1CCN(Cc2cc(Cl)cs2)C1. The highest BCUT2D eigenvalue weighted by atomic mass is 35.5. The smallest absolute Gasteiger partial charge is 0.0516 e.